The smallest absolute Gasteiger partial charge is 0.227 e. The predicted octanol–water partition coefficient (Wildman–Crippen LogP) is 4.67. The maximum absolute atomic E-state index is 13.6. The summed E-state index contributed by atoms with van der Waals surface area (Å²) in [4.78, 5) is 7.51. The van der Waals surface area contributed by atoms with Crippen LogP contribution in [0.1, 0.15) is 5.56 Å². The Morgan fingerprint density at radius 1 is 1.20 bits per heavy atom. The average Bonchev–Trinajstić information content (AvgIpc) is 3.13. The minimum absolute atomic E-state index is 0.493. The third-order valence-corrected chi connectivity index (χ3v) is 4.62. The molecule has 5 nitrogen and oxygen atoms in total. The van der Waals surface area contributed by atoms with Crippen molar-refractivity contribution in [2.75, 3.05) is 17.8 Å². The first-order chi connectivity index (χ1) is 12.0. The molecule has 4 rings (SSSR count). The summed E-state index contributed by atoms with van der Waals surface area (Å²) in [5, 5.41) is 4.32. The Morgan fingerprint density at radius 3 is 2.72 bits per heavy atom. The van der Waals surface area contributed by atoms with Gasteiger partial charge in [0.2, 0.25) is 5.95 Å². The summed E-state index contributed by atoms with van der Waals surface area (Å²) in [6.45, 7) is 1.89. The maximum atomic E-state index is 13.6. The van der Waals surface area contributed by atoms with Crippen molar-refractivity contribution in [3.8, 4) is 0 Å². The minimum atomic E-state index is -0.903. The van der Waals surface area contributed by atoms with Gasteiger partial charge in [0.15, 0.2) is 11.6 Å². The van der Waals surface area contributed by atoms with Crippen molar-refractivity contribution in [1.29, 1.82) is 0 Å². The molecule has 128 valence electrons. The minimum Gasteiger partial charge on any atom is -0.359 e. The molecule has 0 aliphatic rings. The second kappa shape index (κ2) is 5.63. The van der Waals surface area contributed by atoms with Crippen LogP contribution in [0.3, 0.4) is 0 Å². The zero-order valence-corrected chi connectivity index (χ0v) is 14.2. The Balaban J connectivity index is 1.86. The van der Waals surface area contributed by atoms with Gasteiger partial charge in [-0.05, 0) is 30.7 Å². The third kappa shape index (κ3) is 2.39. The molecule has 0 radical (unpaired) electrons. The molecule has 4 aromatic rings. The number of fused-ring (bicyclic) bond motifs is 2. The number of hydrogen-bond acceptors (Lipinski definition) is 3. The van der Waals surface area contributed by atoms with Crippen molar-refractivity contribution in [3.05, 3.63) is 52.7 Å². The highest BCUT2D eigenvalue weighted by Crippen LogP contribution is 2.31. The van der Waals surface area contributed by atoms with Crippen molar-refractivity contribution >= 4 is 45.2 Å². The van der Waals surface area contributed by atoms with Crippen molar-refractivity contribution in [1.82, 2.24) is 14.6 Å². The molecule has 0 spiro atoms. The number of anilines is 2. The van der Waals surface area contributed by atoms with Crippen LogP contribution >= 0.6 is 11.6 Å². The van der Waals surface area contributed by atoms with Crippen LogP contribution in [-0.2, 0) is 0 Å². The van der Waals surface area contributed by atoms with Gasteiger partial charge in [-0.25, -0.2) is 18.4 Å². The molecule has 0 saturated heterocycles. The van der Waals surface area contributed by atoms with Crippen LogP contribution in [0.5, 0.6) is 0 Å². The SMILES string of the molecule is CNn1c(Nc2c[nH]c3cc(F)c(F)cc23)nc2c(C)c(Cl)ccc21. The quantitative estimate of drug-likeness (QED) is 0.497. The molecule has 3 N–H and O–H groups in total. The number of H-pyrrole nitrogens is 1. The number of imidazole rings is 1. The normalized spacial score (nSPS) is 11.4. The zero-order chi connectivity index (χ0) is 17.7. The summed E-state index contributed by atoms with van der Waals surface area (Å²) in [5.41, 5.74) is 6.60. The van der Waals surface area contributed by atoms with Gasteiger partial charge in [0, 0.05) is 29.7 Å². The zero-order valence-electron chi connectivity index (χ0n) is 13.4. The van der Waals surface area contributed by atoms with Gasteiger partial charge in [-0.1, -0.05) is 11.6 Å². The van der Waals surface area contributed by atoms with Gasteiger partial charge in [-0.15, -0.1) is 0 Å². The lowest BCUT2D eigenvalue weighted by atomic mass is 10.2. The van der Waals surface area contributed by atoms with Crippen LogP contribution in [0.2, 0.25) is 5.02 Å². The number of nitrogens with zero attached hydrogens (tertiary/aromatic N) is 2. The number of hydrogen-bond donors (Lipinski definition) is 3. The lowest BCUT2D eigenvalue weighted by molar-refractivity contribution is 0.511. The molecule has 25 heavy (non-hydrogen) atoms. The predicted molar refractivity (Wildman–Crippen MR) is 96.3 cm³/mol. The first kappa shape index (κ1) is 15.7. The van der Waals surface area contributed by atoms with Gasteiger partial charge in [-0.3, -0.25) is 0 Å². The van der Waals surface area contributed by atoms with E-state index < -0.39 is 11.6 Å². The summed E-state index contributed by atoms with van der Waals surface area (Å²) in [6, 6.07) is 5.95. The van der Waals surface area contributed by atoms with E-state index in [9.17, 15) is 8.78 Å². The van der Waals surface area contributed by atoms with Crippen LogP contribution in [0.4, 0.5) is 20.4 Å². The van der Waals surface area contributed by atoms with Crippen LogP contribution < -0.4 is 10.7 Å². The second-order valence-corrected chi connectivity index (χ2v) is 6.08. The first-order valence-electron chi connectivity index (χ1n) is 7.58. The first-order valence-corrected chi connectivity index (χ1v) is 7.96. The molecule has 0 aliphatic heterocycles. The standard InChI is InChI=1S/C17H14ClF2N5/c1-8-10(18)3-4-15-16(8)24-17(25(15)21-2)23-14-7-22-13-6-12(20)11(19)5-9(13)14/h3-7,21-22H,1-2H3,(H,23,24). The van der Waals surface area contributed by atoms with E-state index in [0.29, 0.717) is 27.6 Å². The lowest BCUT2D eigenvalue weighted by Crippen LogP contribution is -2.11. The molecule has 0 fully saturated rings. The molecule has 0 aliphatic carbocycles. The summed E-state index contributed by atoms with van der Waals surface area (Å²) in [7, 11) is 1.76. The molecule has 2 aromatic carbocycles. The Hall–Kier alpha value is -2.80. The molecule has 2 aromatic heterocycles. The number of nitrogens with one attached hydrogen (secondary N) is 3. The topological polar surface area (TPSA) is 57.7 Å². The van der Waals surface area contributed by atoms with Crippen LogP contribution in [-0.4, -0.2) is 21.7 Å². The molecular formula is C17H14ClF2N5. The van der Waals surface area contributed by atoms with Gasteiger partial charge in [0.25, 0.3) is 0 Å². The Kier molecular flexibility index (Phi) is 3.54. The van der Waals surface area contributed by atoms with E-state index in [1.807, 2.05) is 19.1 Å². The van der Waals surface area contributed by atoms with Gasteiger partial charge in [0.05, 0.1) is 22.2 Å². The number of halogens is 3. The summed E-state index contributed by atoms with van der Waals surface area (Å²) >= 11 is 6.17. The van der Waals surface area contributed by atoms with Gasteiger partial charge < -0.3 is 15.7 Å². The molecule has 0 bridgehead atoms. The Bertz CT molecular complexity index is 1120. The van der Waals surface area contributed by atoms with E-state index in [1.54, 1.807) is 17.9 Å². The molecule has 8 heteroatoms. The highest BCUT2D eigenvalue weighted by atomic mass is 35.5. The van der Waals surface area contributed by atoms with Crippen LogP contribution in [0, 0.1) is 18.6 Å². The van der Waals surface area contributed by atoms with Gasteiger partial charge in [0.1, 0.15) is 0 Å². The Labute approximate surface area is 146 Å². The lowest BCUT2D eigenvalue weighted by Gasteiger charge is -2.09. The average molecular weight is 362 g/mol. The van der Waals surface area contributed by atoms with E-state index in [-0.39, 0.29) is 0 Å². The molecule has 0 saturated carbocycles. The monoisotopic (exact) mass is 361 g/mol. The van der Waals surface area contributed by atoms with E-state index in [4.69, 9.17) is 11.6 Å². The van der Waals surface area contributed by atoms with E-state index in [2.05, 4.69) is 20.7 Å². The third-order valence-electron chi connectivity index (χ3n) is 4.21. The fourth-order valence-electron chi connectivity index (χ4n) is 2.90. The maximum Gasteiger partial charge on any atom is 0.227 e. The van der Waals surface area contributed by atoms with Gasteiger partial charge in [-0.2, -0.15) is 0 Å². The number of rotatable bonds is 3. The number of benzene rings is 2. The van der Waals surface area contributed by atoms with Crippen LogP contribution in [0.25, 0.3) is 21.9 Å². The number of aryl methyl sites for hydroxylation is 1. The van der Waals surface area contributed by atoms with E-state index in [0.717, 1.165) is 28.7 Å². The highest BCUT2D eigenvalue weighted by molar-refractivity contribution is 6.32. The summed E-state index contributed by atoms with van der Waals surface area (Å²) < 4.78 is 28.7. The van der Waals surface area contributed by atoms with E-state index >= 15 is 0 Å². The number of aromatic amines is 1. The fourth-order valence-corrected chi connectivity index (χ4v) is 3.06. The van der Waals surface area contributed by atoms with Crippen molar-refractivity contribution in [2.24, 2.45) is 0 Å². The molecule has 0 unspecified atom stereocenters. The second-order valence-electron chi connectivity index (χ2n) is 5.67. The molecule has 0 atom stereocenters. The van der Waals surface area contributed by atoms with Gasteiger partial charge >= 0.3 is 0 Å². The van der Waals surface area contributed by atoms with E-state index in [1.165, 1.54) is 0 Å². The largest absolute Gasteiger partial charge is 0.359 e. The molecule has 2 heterocycles. The summed E-state index contributed by atoms with van der Waals surface area (Å²) in [5.74, 6) is -1.29. The molecular weight excluding hydrogens is 348 g/mol. The fraction of sp³-hybridized carbons (Fsp3) is 0.118. The molecule has 0 amide bonds. The highest BCUT2D eigenvalue weighted by Gasteiger charge is 2.16. The summed E-state index contributed by atoms with van der Waals surface area (Å²) in [6.07, 6.45) is 1.64. The Morgan fingerprint density at radius 2 is 1.96 bits per heavy atom. The number of aromatic nitrogens is 3. The van der Waals surface area contributed by atoms with Crippen molar-refractivity contribution in [2.45, 2.75) is 6.92 Å². The van der Waals surface area contributed by atoms with Crippen molar-refractivity contribution < 1.29 is 8.78 Å². The van der Waals surface area contributed by atoms with Crippen LogP contribution in [0.15, 0.2) is 30.5 Å². The van der Waals surface area contributed by atoms with Crippen molar-refractivity contribution in [3.63, 3.8) is 0 Å².